The molecule has 0 saturated carbocycles. The molecule has 3 N–H and O–H groups in total. The molecule has 19 heavy (non-hydrogen) atoms. The van der Waals surface area contributed by atoms with E-state index in [4.69, 9.17) is 5.73 Å². The number of para-hydroxylation sites is 1. The normalized spacial score (nSPS) is 11.7. The number of hydrogen-bond acceptors (Lipinski definition) is 3. The first-order chi connectivity index (χ1) is 8.76. The molecule has 1 heterocycles. The zero-order chi connectivity index (χ0) is 14.4. The number of nitrogens with zero attached hydrogens (tertiary/aromatic N) is 2. The third-order valence-electron chi connectivity index (χ3n) is 3.24. The predicted molar refractivity (Wildman–Crippen MR) is 69.9 cm³/mol. The number of imidazole rings is 1. The van der Waals surface area contributed by atoms with Crippen LogP contribution in [0.25, 0.3) is 11.0 Å². The smallest absolute Gasteiger partial charge is 0.337 e. The van der Waals surface area contributed by atoms with Crippen molar-refractivity contribution in [2.45, 2.75) is 26.3 Å². The summed E-state index contributed by atoms with van der Waals surface area (Å²) in [6.45, 7) is 5.00. The lowest BCUT2D eigenvalue weighted by atomic mass is 10.0. The van der Waals surface area contributed by atoms with Crippen LogP contribution < -0.4 is 5.73 Å². The fraction of sp³-hybridized carbons (Fsp3) is 0.308. The number of aromatic nitrogens is 2. The maximum absolute atomic E-state index is 11.6. The van der Waals surface area contributed by atoms with E-state index in [1.165, 1.54) is 6.07 Å². The van der Waals surface area contributed by atoms with Crippen LogP contribution in [0.4, 0.5) is 0 Å². The van der Waals surface area contributed by atoms with E-state index >= 15 is 0 Å². The highest BCUT2D eigenvalue weighted by atomic mass is 16.4. The molecule has 0 aliphatic rings. The minimum absolute atomic E-state index is 0.104. The summed E-state index contributed by atoms with van der Waals surface area (Å²) in [5.41, 5.74) is 5.41. The number of primary amides is 1. The van der Waals surface area contributed by atoms with Crippen LogP contribution in [0.15, 0.2) is 18.2 Å². The van der Waals surface area contributed by atoms with Gasteiger partial charge < -0.3 is 15.4 Å². The monoisotopic (exact) mass is 261 g/mol. The van der Waals surface area contributed by atoms with Crippen LogP contribution in [0.1, 0.15) is 30.0 Å². The van der Waals surface area contributed by atoms with Crippen molar-refractivity contribution < 1.29 is 14.7 Å². The van der Waals surface area contributed by atoms with Crippen LogP contribution in [0.2, 0.25) is 0 Å². The highest BCUT2D eigenvalue weighted by molar-refractivity contribution is 6.02. The van der Waals surface area contributed by atoms with E-state index in [0.717, 1.165) is 0 Å². The number of carboxylic acids is 1. The van der Waals surface area contributed by atoms with Gasteiger partial charge in [-0.25, -0.2) is 9.78 Å². The van der Waals surface area contributed by atoms with Crippen molar-refractivity contribution >= 4 is 22.9 Å². The number of benzene rings is 1. The van der Waals surface area contributed by atoms with Gasteiger partial charge >= 0.3 is 5.97 Å². The Bertz CT molecular complexity index is 686. The van der Waals surface area contributed by atoms with Gasteiger partial charge in [0.25, 0.3) is 0 Å². The Morgan fingerprint density at radius 3 is 2.53 bits per heavy atom. The van der Waals surface area contributed by atoms with Crippen molar-refractivity contribution in [3.63, 3.8) is 0 Å². The summed E-state index contributed by atoms with van der Waals surface area (Å²) in [4.78, 5) is 27.2. The van der Waals surface area contributed by atoms with Crippen LogP contribution in [-0.2, 0) is 10.3 Å². The average Bonchev–Trinajstić information content (AvgIpc) is 2.64. The lowest BCUT2D eigenvalue weighted by Gasteiger charge is -2.25. The first kappa shape index (κ1) is 13.1. The van der Waals surface area contributed by atoms with Crippen LogP contribution >= 0.6 is 0 Å². The van der Waals surface area contributed by atoms with E-state index in [2.05, 4.69) is 4.98 Å². The van der Waals surface area contributed by atoms with Gasteiger partial charge in [0.2, 0.25) is 5.91 Å². The standard InChI is InChI=1S/C13H15N3O3/c1-7-15-9-6-4-5-8(11(17)18)10(9)16(7)13(2,3)12(14)19/h4-6H,1-3H3,(H2,14,19)(H,17,18). The average molecular weight is 261 g/mol. The van der Waals surface area contributed by atoms with E-state index in [-0.39, 0.29) is 5.56 Å². The summed E-state index contributed by atoms with van der Waals surface area (Å²) in [6, 6.07) is 4.82. The van der Waals surface area contributed by atoms with Crippen LogP contribution in [0, 0.1) is 6.92 Å². The van der Waals surface area contributed by atoms with Gasteiger partial charge in [0, 0.05) is 0 Å². The quantitative estimate of drug-likeness (QED) is 0.869. The molecule has 6 nitrogen and oxygen atoms in total. The Balaban J connectivity index is 2.92. The number of amides is 1. The largest absolute Gasteiger partial charge is 0.478 e. The van der Waals surface area contributed by atoms with Crippen molar-refractivity contribution in [1.82, 2.24) is 9.55 Å². The summed E-state index contributed by atoms with van der Waals surface area (Å²) >= 11 is 0. The third kappa shape index (κ3) is 1.85. The first-order valence-electron chi connectivity index (χ1n) is 5.78. The number of aromatic carboxylic acids is 1. The van der Waals surface area contributed by atoms with Gasteiger partial charge in [-0.05, 0) is 32.9 Å². The zero-order valence-corrected chi connectivity index (χ0v) is 11.0. The molecule has 0 saturated heterocycles. The van der Waals surface area contributed by atoms with Crippen LogP contribution in [0.5, 0.6) is 0 Å². The molecular weight excluding hydrogens is 246 g/mol. The Morgan fingerprint density at radius 1 is 1.37 bits per heavy atom. The zero-order valence-electron chi connectivity index (χ0n) is 11.0. The SMILES string of the molecule is Cc1nc2cccc(C(=O)O)c2n1C(C)(C)C(N)=O. The summed E-state index contributed by atoms with van der Waals surface area (Å²) in [7, 11) is 0. The summed E-state index contributed by atoms with van der Waals surface area (Å²) < 4.78 is 1.58. The Labute approximate surface area is 109 Å². The number of carbonyl (C=O) groups is 2. The first-order valence-corrected chi connectivity index (χ1v) is 5.78. The van der Waals surface area contributed by atoms with Crippen molar-refractivity contribution in [2.24, 2.45) is 5.73 Å². The van der Waals surface area contributed by atoms with Crippen LogP contribution in [0.3, 0.4) is 0 Å². The highest BCUT2D eigenvalue weighted by Gasteiger charge is 2.32. The minimum atomic E-state index is -1.06. The van der Waals surface area contributed by atoms with E-state index in [9.17, 15) is 14.7 Å². The van der Waals surface area contributed by atoms with E-state index in [1.54, 1.807) is 37.5 Å². The molecule has 0 unspecified atom stereocenters. The fourth-order valence-electron chi connectivity index (χ4n) is 2.21. The molecule has 0 aliphatic carbocycles. The molecule has 2 rings (SSSR count). The molecule has 0 radical (unpaired) electrons. The molecule has 0 aliphatic heterocycles. The van der Waals surface area contributed by atoms with Gasteiger partial charge in [0.15, 0.2) is 0 Å². The van der Waals surface area contributed by atoms with E-state index in [1.807, 2.05) is 0 Å². The Kier molecular flexibility index (Phi) is 2.81. The van der Waals surface area contributed by atoms with Crippen molar-refractivity contribution in [1.29, 1.82) is 0 Å². The van der Waals surface area contributed by atoms with Gasteiger partial charge in [0.1, 0.15) is 11.4 Å². The summed E-state index contributed by atoms with van der Waals surface area (Å²) in [5, 5.41) is 9.26. The number of fused-ring (bicyclic) bond motifs is 1. The number of aryl methyl sites for hydroxylation is 1. The molecule has 0 atom stereocenters. The van der Waals surface area contributed by atoms with E-state index in [0.29, 0.717) is 16.9 Å². The molecular formula is C13H15N3O3. The molecule has 1 aromatic heterocycles. The van der Waals surface area contributed by atoms with Gasteiger partial charge in [-0.3, -0.25) is 4.79 Å². The summed E-state index contributed by atoms with van der Waals surface area (Å²) in [5.74, 6) is -1.06. The van der Waals surface area contributed by atoms with E-state index < -0.39 is 17.4 Å². The molecule has 0 fully saturated rings. The maximum Gasteiger partial charge on any atom is 0.337 e. The minimum Gasteiger partial charge on any atom is -0.478 e. The lowest BCUT2D eigenvalue weighted by molar-refractivity contribution is -0.125. The number of hydrogen-bond donors (Lipinski definition) is 2. The number of nitrogens with two attached hydrogens (primary N) is 1. The molecule has 1 aromatic carbocycles. The summed E-state index contributed by atoms with van der Waals surface area (Å²) in [6.07, 6.45) is 0. The highest BCUT2D eigenvalue weighted by Crippen LogP contribution is 2.27. The van der Waals surface area contributed by atoms with Gasteiger partial charge in [-0.1, -0.05) is 6.07 Å². The van der Waals surface area contributed by atoms with Gasteiger partial charge in [-0.15, -0.1) is 0 Å². The van der Waals surface area contributed by atoms with Crippen LogP contribution in [-0.4, -0.2) is 26.5 Å². The molecule has 6 heteroatoms. The second-order valence-corrected chi connectivity index (χ2v) is 4.90. The molecule has 0 spiro atoms. The topological polar surface area (TPSA) is 98.2 Å². The van der Waals surface area contributed by atoms with Gasteiger partial charge in [-0.2, -0.15) is 0 Å². The fourth-order valence-corrected chi connectivity index (χ4v) is 2.21. The Morgan fingerprint density at radius 2 is 2.00 bits per heavy atom. The second-order valence-electron chi connectivity index (χ2n) is 4.90. The third-order valence-corrected chi connectivity index (χ3v) is 3.24. The van der Waals surface area contributed by atoms with Crippen molar-refractivity contribution in [3.8, 4) is 0 Å². The number of carbonyl (C=O) groups excluding carboxylic acids is 1. The molecule has 1 amide bonds. The second kappa shape index (κ2) is 4.08. The predicted octanol–water partition coefficient (Wildman–Crippen LogP) is 1.26. The molecule has 2 aromatic rings. The van der Waals surface area contributed by atoms with Gasteiger partial charge in [0.05, 0.1) is 16.6 Å². The number of rotatable bonds is 3. The lowest BCUT2D eigenvalue weighted by Crippen LogP contribution is -2.41. The van der Waals surface area contributed by atoms with Crippen molar-refractivity contribution in [2.75, 3.05) is 0 Å². The molecule has 100 valence electrons. The Hall–Kier alpha value is -2.37. The number of carboxylic acid groups (broad SMARTS) is 1. The van der Waals surface area contributed by atoms with Crippen molar-refractivity contribution in [3.05, 3.63) is 29.6 Å². The maximum atomic E-state index is 11.6. The molecule has 0 bridgehead atoms.